The first kappa shape index (κ1) is 12.7. The van der Waals surface area contributed by atoms with E-state index in [1.54, 1.807) is 18.2 Å². The van der Waals surface area contributed by atoms with Crippen LogP contribution in [0, 0.1) is 11.9 Å². The number of para-hydroxylation sites is 1. The van der Waals surface area contributed by atoms with Gasteiger partial charge in [-0.05, 0) is 17.7 Å². The lowest BCUT2D eigenvalue weighted by molar-refractivity contribution is 0.00826. The van der Waals surface area contributed by atoms with Crippen molar-refractivity contribution in [3.05, 3.63) is 59.4 Å². The van der Waals surface area contributed by atoms with Crippen LogP contribution in [0.25, 0.3) is 0 Å². The zero-order valence-corrected chi connectivity index (χ0v) is 11.3. The smallest absolute Gasteiger partial charge is 0.170 e. The molecule has 2 aliphatic heterocycles. The first-order valence-corrected chi connectivity index (χ1v) is 6.98. The molecule has 2 aromatic carbocycles. The molecule has 2 aromatic rings. The van der Waals surface area contributed by atoms with E-state index in [0.29, 0.717) is 42.8 Å². The summed E-state index contributed by atoms with van der Waals surface area (Å²) < 4.78 is 30.9. The summed E-state index contributed by atoms with van der Waals surface area (Å²) in [4.78, 5) is 0. The van der Waals surface area contributed by atoms with Gasteiger partial charge in [-0.2, -0.15) is 0 Å². The molecule has 0 aromatic heterocycles. The summed E-state index contributed by atoms with van der Waals surface area (Å²) in [6, 6.07) is 13.7. The van der Waals surface area contributed by atoms with Crippen molar-refractivity contribution in [2.45, 2.75) is 12.0 Å². The summed E-state index contributed by atoms with van der Waals surface area (Å²) in [6.45, 7) is 1.64. The van der Waals surface area contributed by atoms with Gasteiger partial charge in [0.15, 0.2) is 17.6 Å². The molecule has 4 heteroatoms. The summed E-state index contributed by atoms with van der Waals surface area (Å²) >= 11 is 0. The fourth-order valence-corrected chi connectivity index (χ4v) is 2.59. The normalized spacial score (nSPS) is 20.9. The van der Waals surface area contributed by atoms with E-state index in [0.717, 1.165) is 5.56 Å². The zero-order chi connectivity index (χ0) is 14.2. The molecule has 0 amide bonds. The average Bonchev–Trinajstić information content (AvgIpc) is 2.45. The van der Waals surface area contributed by atoms with Crippen LogP contribution in [0.3, 0.4) is 0 Å². The second-order valence-electron chi connectivity index (χ2n) is 5.30. The van der Waals surface area contributed by atoms with Crippen molar-refractivity contribution in [2.75, 3.05) is 19.8 Å². The number of rotatable bonds is 2. The third-order valence-electron chi connectivity index (χ3n) is 3.91. The molecule has 1 saturated heterocycles. The molecule has 1 radical (unpaired) electrons. The van der Waals surface area contributed by atoms with Crippen LogP contribution in [-0.2, 0) is 4.74 Å². The van der Waals surface area contributed by atoms with Gasteiger partial charge in [-0.15, -0.1) is 0 Å². The second kappa shape index (κ2) is 5.04. The Bertz CT molecular complexity index is 667. The Kier molecular flexibility index (Phi) is 3.04. The first-order chi connectivity index (χ1) is 10.3. The van der Waals surface area contributed by atoms with Gasteiger partial charge in [0.2, 0.25) is 0 Å². The second-order valence-corrected chi connectivity index (χ2v) is 5.30. The van der Waals surface area contributed by atoms with Crippen LogP contribution in [0.1, 0.15) is 23.1 Å². The highest BCUT2D eigenvalue weighted by Crippen LogP contribution is 2.36. The predicted octanol–water partition coefficient (Wildman–Crippen LogP) is 3.25. The molecule has 0 aliphatic carbocycles. The molecule has 1 unspecified atom stereocenters. The molecule has 4 rings (SSSR count). The molecule has 1 atom stereocenters. The molecular weight excluding hydrogens is 271 g/mol. The number of hydrogen-bond donors (Lipinski definition) is 0. The monoisotopic (exact) mass is 285 g/mol. The molecular formula is C17H14FO3. The van der Waals surface area contributed by atoms with Gasteiger partial charge in [0.25, 0.3) is 0 Å². The molecule has 0 spiro atoms. The molecule has 21 heavy (non-hydrogen) atoms. The van der Waals surface area contributed by atoms with Crippen molar-refractivity contribution in [1.82, 2.24) is 0 Å². The molecule has 2 aliphatic rings. The van der Waals surface area contributed by atoms with Crippen molar-refractivity contribution in [1.29, 1.82) is 0 Å². The van der Waals surface area contributed by atoms with Crippen LogP contribution < -0.4 is 9.47 Å². The van der Waals surface area contributed by atoms with Crippen LogP contribution in [0.15, 0.2) is 36.4 Å². The van der Waals surface area contributed by atoms with Gasteiger partial charge in [0.1, 0.15) is 12.4 Å². The standard InChI is InChI=1S/C17H14FO3/c18-14-7-11(12-8-19-9-12)5-6-13(14)17-10-20-15-3-1-2-4-16(15)21-17/h1-3,5-7,12,17H,8-10H2. The minimum absolute atomic E-state index is 0.257. The quantitative estimate of drug-likeness (QED) is 0.847. The van der Waals surface area contributed by atoms with Gasteiger partial charge in [-0.3, -0.25) is 0 Å². The summed E-state index contributed by atoms with van der Waals surface area (Å²) in [7, 11) is 0. The van der Waals surface area contributed by atoms with Crippen molar-refractivity contribution < 1.29 is 18.6 Å². The number of hydrogen-bond acceptors (Lipinski definition) is 3. The third-order valence-corrected chi connectivity index (χ3v) is 3.91. The molecule has 0 saturated carbocycles. The maximum Gasteiger partial charge on any atom is 0.170 e. The minimum Gasteiger partial charge on any atom is -0.485 e. The van der Waals surface area contributed by atoms with E-state index in [9.17, 15) is 4.39 Å². The van der Waals surface area contributed by atoms with E-state index in [1.807, 2.05) is 18.2 Å². The molecule has 3 nitrogen and oxygen atoms in total. The van der Waals surface area contributed by atoms with Crippen LogP contribution in [0.5, 0.6) is 11.5 Å². The molecule has 0 N–H and O–H groups in total. The third kappa shape index (κ3) is 2.25. The van der Waals surface area contributed by atoms with E-state index in [2.05, 4.69) is 6.07 Å². The molecule has 2 heterocycles. The van der Waals surface area contributed by atoms with Crippen molar-refractivity contribution in [3.63, 3.8) is 0 Å². The van der Waals surface area contributed by atoms with Crippen LogP contribution in [0.4, 0.5) is 4.39 Å². The number of ether oxygens (including phenoxy) is 3. The van der Waals surface area contributed by atoms with Gasteiger partial charge in [0, 0.05) is 17.5 Å². The van der Waals surface area contributed by atoms with E-state index in [-0.39, 0.29) is 5.82 Å². The maximum absolute atomic E-state index is 14.3. The van der Waals surface area contributed by atoms with Gasteiger partial charge >= 0.3 is 0 Å². The summed E-state index contributed by atoms with van der Waals surface area (Å²) in [5.74, 6) is 1.24. The largest absolute Gasteiger partial charge is 0.485 e. The van der Waals surface area contributed by atoms with E-state index in [1.165, 1.54) is 0 Å². The fourth-order valence-electron chi connectivity index (χ4n) is 2.59. The Hall–Kier alpha value is -2.07. The minimum atomic E-state index is -0.442. The summed E-state index contributed by atoms with van der Waals surface area (Å²) in [6.07, 6.45) is -0.442. The lowest BCUT2D eigenvalue weighted by atomic mass is 9.95. The Morgan fingerprint density at radius 3 is 2.81 bits per heavy atom. The van der Waals surface area contributed by atoms with Crippen molar-refractivity contribution >= 4 is 0 Å². The zero-order valence-electron chi connectivity index (χ0n) is 11.3. The lowest BCUT2D eigenvalue weighted by Gasteiger charge is -2.29. The average molecular weight is 285 g/mol. The SMILES string of the molecule is Fc1cc(C2COC2)ccc1C1COc2ccc[c]c2O1. The maximum atomic E-state index is 14.3. The van der Waals surface area contributed by atoms with Crippen molar-refractivity contribution in [2.24, 2.45) is 0 Å². The molecule has 0 bridgehead atoms. The van der Waals surface area contributed by atoms with E-state index >= 15 is 0 Å². The fraction of sp³-hybridized carbons (Fsp3) is 0.294. The predicted molar refractivity (Wildman–Crippen MR) is 74.1 cm³/mol. The van der Waals surface area contributed by atoms with E-state index in [4.69, 9.17) is 14.2 Å². The van der Waals surface area contributed by atoms with Crippen LogP contribution >= 0.6 is 0 Å². The number of benzene rings is 2. The van der Waals surface area contributed by atoms with E-state index < -0.39 is 6.10 Å². The highest BCUT2D eigenvalue weighted by Gasteiger charge is 2.27. The highest BCUT2D eigenvalue weighted by molar-refractivity contribution is 5.41. The van der Waals surface area contributed by atoms with Gasteiger partial charge in [-0.1, -0.05) is 24.3 Å². The first-order valence-electron chi connectivity index (χ1n) is 6.98. The Morgan fingerprint density at radius 1 is 1.14 bits per heavy atom. The lowest BCUT2D eigenvalue weighted by Crippen LogP contribution is -2.26. The van der Waals surface area contributed by atoms with Crippen LogP contribution in [0.2, 0.25) is 0 Å². The van der Waals surface area contributed by atoms with Gasteiger partial charge < -0.3 is 14.2 Å². The number of halogens is 1. The van der Waals surface area contributed by atoms with Gasteiger partial charge in [-0.25, -0.2) is 4.39 Å². The Labute approximate surface area is 122 Å². The van der Waals surface area contributed by atoms with Crippen molar-refractivity contribution in [3.8, 4) is 11.5 Å². The topological polar surface area (TPSA) is 27.7 Å². The Balaban J connectivity index is 1.59. The number of fused-ring (bicyclic) bond motifs is 1. The molecule has 1 fully saturated rings. The highest BCUT2D eigenvalue weighted by atomic mass is 19.1. The van der Waals surface area contributed by atoms with Crippen LogP contribution in [-0.4, -0.2) is 19.8 Å². The Morgan fingerprint density at radius 2 is 2.05 bits per heavy atom. The van der Waals surface area contributed by atoms with Gasteiger partial charge in [0.05, 0.1) is 13.2 Å². The molecule has 107 valence electrons. The summed E-state index contributed by atoms with van der Waals surface area (Å²) in [5, 5.41) is 0. The summed E-state index contributed by atoms with van der Waals surface area (Å²) in [5.41, 5.74) is 1.49.